The molecule has 0 atom stereocenters. The van der Waals surface area contributed by atoms with Gasteiger partial charge in [0.25, 0.3) is 0 Å². The third kappa shape index (κ3) is 3.99. The van der Waals surface area contributed by atoms with Crippen LogP contribution in [0, 0.1) is 0 Å². The largest absolute Gasteiger partial charge is 0.416 e. The SMILES string of the molecule is FC(F)(F)c1ccc(NCc2ccc(Br)cc2)c(Br)c1. The number of nitrogens with one attached hydrogen (secondary N) is 1. The topological polar surface area (TPSA) is 12.0 Å². The van der Waals surface area contributed by atoms with E-state index in [9.17, 15) is 13.2 Å². The van der Waals surface area contributed by atoms with E-state index in [1.165, 1.54) is 6.07 Å². The molecule has 0 spiro atoms. The summed E-state index contributed by atoms with van der Waals surface area (Å²) in [5, 5.41) is 3.10. The zero-order valence-corrected chi connectivity index (χ0v) is 13.3. The summed E-state index contributed by atoms with van der Waals surface area (Å²) in [4.78, 5) is 0. The van der Waals surface area contributed by atoms with E-state index in [1.54, 1.807) is 0 Å². The van der Waals surface area contributed by atoms with Gasteiger partial charge in [0.1, 0.15) is 0 Å². The Morgan fingerprint density at radius 2 is 1.60 bits per heavy atom. The molecule has 0 fully saturated rings. The Morgan fingerprint density at radius 1 is 0.950 bits per heavy atom. The minimum absolute atomic E-state index is 0.393. The second-order valence-corrected chi connectivity index (χ2v) is 5.94. The number of benzene rings is 2. The molecule has 0 radical (unpaired) electrons. The summed E-state index contributed by atoms with van der Waals surface area (Å²) in [5.74, 6) is 0. The van der Waals surface area contributed by atoms with Crippen LogP contribution in [0.4, 0.5) is 18.9 Å². The van der Waals surface area contributed by atoms with Crippen molar-refractivity contribution in [2.45, 2.75) is 12.7 Å². The summed E-state index contributed by atoms with van der Waals surface area (Å²) in [5.41, 5.74) is 1.000. The molecule has 0 aliphatic carbocycles. The highest BCUT2D eigenvalue weighted by Crippen LogP contribution is 2.34. The van der Waals surface area contributed by atoms with E-state index >= 15 is 0 Å². The van der Waals surface area contributed by atoms with Crippen molar-refractivity contribution >= 4 is 37.5 Å². The minimum atomic E-state index is -4.33. The smallest absolute Gasteiger partial charge is 0.380 e. The first-order valence-electron chi connectivity index (χ1n) is 5.71. The van der Waals surface area contributed by atoms with Crippen LogP contribution in [0.5, 0.6) is 0 Å². The number of halogens is 5. The van der Waals surface area contributed by atoms with Gasteiger partial charge in [-0.3, -0.25) is 0 Å². The van der Waals surface area contributed by atoms with Crippen molar-refractivity contribution in [3.05, 3.63) is 62.5 Å². The Kier molecular flexibility index (Phi) is 4.75. The molecule has 0 heterocycles. The lowest BCUT2D eigenvalue weighted by Crippen LogP contribution is -2.06. The second kappa shape index (κ2) is 6.18. The number of alkyl halides is 3. The molecule has 0 aliphatic rings. The Balaban J connectivity index is 2.08. The maximum absolute atomic E-state index is 12.5. The highest BCUT2D eigenvalue weighted by Gasteiger charge is 2.30. The summed E-state index contributed by atoms with van der Waals surface area (Å²) >= 11 is 6.50. The predicted octanol–water partition coefficient (Wildman–Crippen LogP) is 5.84. The van der Waals surface area contributed by atoms with Crippen LogP contribution in [0.15, 0.2) is 51.4 Å². The van der Waals surface area contributed by atoms with Gasteiger partial charge in [0.2, 0.25) is 0 Å². The van der Waals surface area contributed by atoms with Gasteiger partial charge in [-0.25, -0.2) is 0 Å². The van der Waals surface area contributed by atoms with Crippen molar-refractivity contribution < 1.29 is 13.2 Å². The van der Waals surface area contributed by atoms with Gasteiger partial charge < -0.3 is 5.32 Å². The van der Waals surface area contributed by atoms with Gasteiger partial charge in [0.15, 0.2) is 0 Å². The normalized spacial score (nSPS) is 11.4. The van der Waals surface area contributed by atoms with Crippen LogP contribution in [0.3, 0.4) is 0 Å². The average Bonchev–Trinajstić information content (AvgIpc) is 2.38. The Morgan fingerprint density at radius 3 is 2.15 bits per heavy atom. The third-order valence-corrected chi connectivity index (χ3v) is 3.88. The van der Waals surface area contributed by atoms with Crippen molar-refractivity contribution in [2.24, 2.45) is 0 Å². The lowest BCUT2D eigenvalue weighted by molar-refractivity contribution is -0.137. The van der Waals surface area contributed by atoms with Gasteiger partial charge in [-0.1, -0.05) is 28.1 Å². The summed E-state index contributed by atoms with van der Waals surface area (Å²) in [7, 11) is 0. The lowest BCUT2D eigenvalue weighted by atomic mass is 10.2. The van der Waals surface area contributed by atoms with E-state index in [-0.39, 0.29) is 0 Å². The monoisotopic (exact) mass is 407 g/mol. The van der Waals surface area contributed by atoms with Crippen LogP contribution in [0.25, 0.3) is 0 Å². The van der Waals surface area contributed by atoms with Gasteiger partial charge in [0.05, 0.1) is 5.56 Å². The van der Waals surface area contributed by atoms with E-state index < -0.39 is 11.7 Å². The first-order chi connectivity index (χ1) is 9.36. The van der Waals surface area contributed by atoms with Crippen LogP contribution < -0.4 is 5.32 Å². The van der Waals surface area contributed by atoms with E-state index in [4.69, 9.17) is 0 Å². The number of hydrogen-bond acceptors (Lipinski definition) is 1. The van der Waals surface area contributed by atoms with E-state index in [1.807, 2.05) is 24.3 Å². The predicted molar refractivity (Wildman–Crippen MR) is 80.6 cm³/mol. The maximum atomic E-state index is 12.5. The molecule has 0 saturated carbocycles. The fourth-order valence-electron chi connectivity index (χ4n) is 1.63. The molecule has 2 aromatic rings. The van der Waals surface area contributed by atoms with Crippen LogP contribution in [-0.4, -0.2) is 0 Å². The molecular formula is C14H10Br2F3N. The Hall–Kier alpha value is -1.01. The number of rotatable bonds is 3. The van der Waals surface area contributed by atoms with Crippen LogP contribution in [0.1, 0.15) is 11.1 Å². The van der Waals surface area contributed by atoms with E-state index in [2.05, 4.69) is 37.2 Å². The molecule has 106 valence electrons. The van der Waals surface area contributed by atoms with Gasteiger partial charge in [-0.2, -0.15) is 13.2 Å². The molecule has 0 aliphatic heterocycles. The first kappa shape index (κ1) is 15.4. The summed E-state index contributed by atoms with van der Waals surface area (Å²) in [6.45, 7) is 0.539. The molecule has 0 unspecified atom stereocenters. The second-order valence-electron chi connectivity index (χ2n) is 4.17. The fraction of sp³-hybridized carbons (Fsp3) is 0.143. The van der Waals surface area contributed by atoms with Crippen molar-refractivity contribution in [1.29, 1.82) is 0 Å². The minimum Gasteiger partial charge on any atom is -0.380 e. The maximum Gasteiger partial charge on any atom is 0.416 e. The molecule has 0 bridgehead atoms. The van der Waals surface area contributed by atoms with Gasteiger partial charge in [0, 0.05) is 21.2 Å². The molecule has 1 nitrogen and oxygen atoms in total. The van der Waals surface area contributed by atoms with E-state index in [0.29, 0.717) is 16.7 Å². The van der Waals surface area contributed by atoms with Crippen molar-refractivity contribution in [3.63, 3.8) is 0 Å². The Labute approximate surface area is 131 Å². The summed E-state index contributed by atoms with van der Waals surface area (Å²) < 4.78 is 39.0. The summed E-state index contributed by atoms with van der Waals surface area (Å²) in [6.07, 6.45) is -4.33. The zero-order valence-electron chi connectivity index (χ0n) is 10.1. The first-order valence-corrected chi connectivity index (χ1v) is 7.30. The molecule has 2 aromatic carbocycles. The molecular weight excluding hydrogens is 399 g/mol. The quantitative estimate of drug-likeness (QED) is 0.672. The molecule has 0 saturated heterocycles. The molecule has 6 heteroatoms. The molecule has 1 N–H and O–H groups in total. The molecule has 0 aromatic heterocycles. The fourth-order valence-corrected chi connectivity index (χ4v) is 2.42. The average molecular weight is 409 g/mol. The zero-order chi connectivity index (χ0) is 14.8. The number of hydrogen-bond donors (Lipinski definition) is 1. The van der Waals surface area contributed by atoms with Crippen LogP contribution in [0.2, 0.25) is 0 Å². The number of anilines is 1. The summed E-state index contributed by atoms with van der Waals surface area (Å²) in [6, 6.07) is 11.3. The lowest BCUT2D eigenvalue weighted by Gasteiger charge is -2.12. The van der Waals surface area contributed by atoms with Gasteiger partial charge in [-0.15, -0.1) is 0 Å². The highest BCUT2D eigenvalue weighted by molar-refractivity contribution is 9.10. The molecule has 20 heavy (non-hydrogen) atoms. The van der Waals surface area contributed by atoms with Crippen molar-refractivity contribution in [3.8, 4) is 0 Å². The van der Waals surface area contributed by atoms with Gasteiger partial charge >= 0.3 is 6.18 Å². The highest BCUT2D eigenvalue weighted by atomic mass is 79.9. The third-order valence-electron chi connectivity index (χ3n) is 2.69. The van der Waals surface area contributed by atoms with Crippen molar-refractivity contribution in [2.75, 3.05) is 5.32 Å². The van der Waals surface area contributed by atoms with Crippen LogP contribution >= 0.6 is 31.9 Å². The molecule has 0 amide bonds. The van der Waals surface area contributed by atoms with Crippen molar-refractivity contribution in [1.82, 2.24) is 0 Å². The Bertz CT molecular complexity index is 594. The van der Waals surface area contributed by atoms with Gasteiger partial charge in [-0.05, 0) is 51.8 Å². The van der Waals surface area contributed by atoms with E-state index in [0.717, 1.165) is 22.2 Å². The molecule has 2 rings (SSSR count). The standard InChI is InChI=1S/C14H10Br2F3N/c15-11-4-1-9(2-5-11)8-20-13-6-3-10(7-12(13)16)14(17,18)19/h1-7,20H,8H2. The van der Waals surface area contributed by atoms with Crippen LogP contribution in [-0.2, 0) is 12.7 Å².